The highest BCUT2D eigenvalue weighted by atomic mass is 35.5. The Morgan fingerprint density at radius 2 is 2.00 bits per heavy atom. The van der Waals surface area contributed by atoms with Crippen molar-refractivity contribution in [3.05, 3.63) is 21.3 Å². The maximum atomic E-state index is 5.96. The molecule has 0 radical (unpaired) electrons. The fourth-order valence-corrected chi connectivity index (χ4v) is 1.69. The number of ether oxygens (including phenoxy) is 1. The first-order valence-corrected chi connectivity index (χ1v) is 6.47. The average Bonchev–Trinajstić information content (AvgIpc) is 2.24. The van der Waals surface area contributed by atoms with Gasteiger partial charge < -0.3 is 10.1 Å². The summed E-state index contributed by atoms with van der Waals surface area (Å²) >= 11 is 17.5. The maximum Gasteiger partial charge on any atom is 0.150 e. The number of nitrogens with zero attached hydrogens (tertiary/aromatic N) is 1. The van der Waals surface area contributed by atoms with Crippen molar-refractivity contribution in [2.24, 2.45) is 5.92 Å². The summed E-state index contributed by atoms with van der Waals surface area (Å²) in [6, 6.07) is 1.57. The summed E-state index contributed by atoms with van der Waals surface area (Å²) in [5, 5.41) is 4.07. The van der Waals surface area contributed by atoms with Gasteiger partial charge in [0.1, 0.15) is 11.0 Å². The molecule has 1 N–H and O–H groups in total. The summed E-state index contributed by atoms with van der Waals surface area (Å²) in [5.41, 5.74) is 0. The fourth-order valence-electron chi connectivity index (χ4n) is 1.13. The second-order valence-electron chi connectivity index (χ2n) is 3.99. The molecule has 0 saturated heterocycles. The first-order valence-electron chi connectivity index (χ1n) is 5.34. The predicted octanol–water partition coefficient (Wildman–Crippen LogP) is 4.13. The van der Waals surface area contributed by atoms with E-state index in [0.717, 1.165) is 6.61 Å². The molecule has 17 heavy (non-hydrogen) atoms. The van der Waals surface area contributed by atoms with Crippen molar-refractivity contribution in [2.75, 3.05) is 25.1 Å². The highest BCUT2D eigenvalue weighted by Gasteiger charge is 2.07. The molecule has 0 fully saturated rings. The average molecular weight is 298 g/mol. The Morgan fingerprint density at radius 3 is 2.65 bits per heavy atom. The van der Waals surface area contributed by atoms with Crippen LogP contribution < -0.4 is 5.32 Å². The molecular formula is C11H15Cl3N2O. The van der Waals surface area contributed by atoms with Crippen LogP contribution in [0.3, 0.4) is 0 Å². The van der Waals surface area contributed by atoms with Crippen molar-refractivity contribution >= 4 is 40.6 Å². The molecule has 1 aromatic heterocycles. The highest BCUT2D eigenvalue weighted by Crippen LogP contribution is 2.28. The molecule has 1 aromatic rings. The van der Waals surface area contributed by atoms with Crippen LogP contribution in [0, 0.1) is 5.92 Å². The van der Waals surface area contributed by atoms with Gasteiger partial charge in [-0.1, -0.05) is 48.7 Å². The van der Waals surface area contributed by atoms with E-state index in [-0.39, 0.29) is 5.15 Å². The Balaban J connectivity index is 2.39. The van der Waals surface area contributed by atoms with Crippen LogP contribution in [-0.4, -0.2) is 24.7 Å². The Hall–Kier alpha value is -0.220. The van der Waals surface area contributed by atoms with E-state index in [1.54, 1.807) is 6.07 Å². The van der Waals surface area contributed by atoms with Gasteiger partial charge in [0, 0.05) is 13.2 Å². The molecule has 0 aliphatic rings. The number of aromatic nitrogens is 1. The number of hydrogen-bond donors (Lipinski definition) is 1. The van der Waals surface area contributed by atoms with Gasteiger partial charge in [0.05, 0.1) is 16.7 Å². The zero-order valence-corrected chi connectivity index (χ0v) is 12.0. The predicted molar refractivity (Wildman–Crippen MR) is 73.4 cm³/mol. The minimum Gasteiger partial charge on any atom is -0.379 e. The lowest BCUT2D eigenvalue weighted by Gasteiger charge is -2.10. The Labute approximate surface area is 116 Å². The summed E-state index contributed by atoms with van der Waals surface area (Å²) in [5.74, 6) is 1.05. The van der Waals surface area contributed by atoms with Crippen molar-refractivity contribution in [1.82, 2.24) is 4.98 Å². The largest absolute Gasteiger partial charge is 0.379 e. The van der Waals surface area contributed by atoms with Crippen LogP contribution in [0.25, 0.3) is 0 Å². The summed E-state index contributed by atoms with van der Waals surface area (Å²) in [4.78, 5) is 4.04. The first kappa shape index (κ1) is 14.8. The molecule has 0 aliphatic heterocycles. The minimum atomic E-state index is 0.238. The van der Waals surface area contributed by atoms with E-state index in [4.69, 9.17) is 39.5 Å². The molecule has 0 saturated carbocycles. The zero-order valence-electron chi connectivity index (χ0n) is 9.77. The van der Waals surface area contributed by atoms with Crippen LogP contribution >= 0.6 is 34.8 Å². The van der Waals surface area contributed by atoms with Gasteiger partial charge in [-0.2, -0.15) is 0 Å². The van der Waals surface area contributed by atoms with E-state index in [0.29, 0.717) is 34.9 Å². The molecule has 3 nitrogen and oxygen atoms in total. The third-order valence-corrected chi connectivity index (χ3v) is 2.84. The topological polar surface area (TPSA) is 34.1 Å². The van der Waals surface area contributed by atoms with Crippen LogP contribution in [0.4, 0.5) is 5.82 Å². The van der Waals surface area contributed by atoms with E-state index in [9.17, 15) is 0 Å². The Morgan fingerprint density at radius 1 is 1.29 bits per heavy atom. The zero-order chi connectivity index (χ0) is 12.8. The lowest BCUT2D eigenvalue weighted by molar-refractivity contribution is 0.118. The number of pyridine rings is 1. The van der Waals surface area contributed by atoms with E-state index in [1.165, 1.54) is 0 Å². The van der Waals surface area contributed by atoms with Crippen molar-refractivity contribution < 1.29 is 4.74 Å². The van der Waals surface area contributed by atoms with Gasteiger partial charge in [0.15, 0.2) is 0 Å². The van der Waals surface area contributed by atoms with Crippen molar-refractivity contribution in [3.8, 4) is 0 Å². The quantitative estimate of drug-likeness (QED) is 0.633. The van der Waals surface area contributed by atoms with E-state index in [1.807, 2.05) is 0 Å². The molecule has 1 rings (SSSR count). The number of nitrogens with one attached hydrogen (secondary N) is 1. The van der Waals surface area contributed by atoms with Gasteiger partial charge in [0.2, 0.25) is 0 Å². The molecular weight excluding hydrogens is 282 g/mol. The highest BCUT2D eigenvalue weighted by molar-refractivity contribution is 6.42. The lowest BCUT2D eigenvalue weighted by Crippen LogP contribution is -2.13. The second kappa shape index (κ2) is 7.27. The normalized spacial score (nSPS) is 10.9. The van der Waals surface area contributed by atoms with Crippen LogP contribution in [0.15, 0.2) is 6.07 Å². The van der Waals surface area contributed by atoms with Crippen molar-refractivity contribution in [1.29, 1.82) is 0 Å². The smallest absolute Gasteiger partial charge is 0.150 e. The number of anilines is 1. The fraction of sp³-hybridized carbons (Fsp3) is 0.545. The van der Waals surface area contributed by atoms with Gasteiger partial charge in [0.25, 0.3) is 0 Å². The molecule has 96 valence electrons. The summed E-state index contributed by atoms with van der Waals surface area (Å²) in [6.07, 6.45) is 0. The summed E-state index contributed by atoms with van der Waals surface area (Å²) < 4.78 is 5.42. The van der Waals surface area contributed by atoms with Gasteiger partial charge >= 0.3 is 0 Å². The standard InChI is InChI=1S/C11H15Cl3N2O/c1-7(2)6-17-4-3-15-11-9(13)5-8(12)10(14)16-11/h5,7H,3-4,6H2,1-2H3,(H,15,16). The molecule has 0 bridgehead atoms. The van der Waals surface area contributed by atoms with Gasteiger partial charge in [-0.25, -0.2) is 4.98 Å². The number of hydrogen-bond acceptors (Lipinski definition) is 3. The number of halogens is 3. The molecule has 0 spiro atoms. The van der Waals surface area contributed by atoms with Crippen LogP contribution in [0.5, 0.6) is 0 Å². The third kappa shape index (κ3) is 5.30. The molecule has 0 aromatic carbocycles. The summed E-state index contributed by atoms with van der Waals surface area (Å²) in [7, 11) is 0. The molecule has 0 unspecified atom stereocenters. The van der Waals surface area contributed by atoms with Crippen molar-refractivity contribution in [2.45, 2.75) is 13.8 Å². The Bertz CT molecular complexity index is 372. The summed E-state index contributed by atoms with van der Waals surface area (Å²) in [6.45, 7) is 6.16. The molecule has 6 heteroatoms. The Kier molecular flexibility index (Phi) is 6.34. The minimum absolute atomic E-state index is 0.238. The lowest BCUT2D eigenvalue weighted by atomic mass is 10.2. The third-order valence-electron chi connectivity index (χ3n) is 1.88. The molecule has 0 atom stereocenters. The molecule has 1 heterocycles. The monoisotopic (exact) mass is 296 g/mol. The van der Waals surface area contributed by atoms with Gasteiger partial charge in [-0.15, -0.1) is 0 Å². The van der Waals surface area contributed by atoms with E-state index in [2.05, 4.69) is 24.1 Å². The van der Waals surface area contributed by atoms with Gasteiger partial charge in [-0.3, -0.25) is 0 Å². The first-order chi connectivity index (χ1) is 8.00. The molecule has 0 amide bonds. The second-order valence-corrected chi connectivity index (χ2v) is 5.16. The van der Waals surface area contributed by atoms with Crippen LogP contribution in [-0.2, 0) is 4.74 Å². The SMILES string of the molecule is CC(C)COCCNc1nc(Cl)c(Cl)cc1Cl. The molecule has 0 aliphatic carbocycles. The van der Waals surface area contributed by atoms with E-state index >= 15 is 0 Å². The van der Waals surface area contributed by atoms with Crippen LogP contribution in [0.1, 0.15) is 13.8 Å². The van der Waals surface area contributed by atoms with E-state index < -0.39 is 0 Å². The number of rotatable bonds is 6. The van der Waals surface area contributed by atoms with Crippen molar-refractivity contribution in [3.63, 3.8) is 0 Å². The van der Waals surface area contributed by atoms with Crippen LogP contribution in [0.2, 0.25) is 15.2 Å². The van der Waals surface area contributed by atoms with Gasteiger partial charge in [-0.05, 0) is 12.0 Å². The maximum absolute atomic E-state index is 5.96.